The highest BCUT2D eigenvalue weighted by molar-refractivity contribution is 6.33. The standard InChI is InChI=1S/C24H23Cl2N3O/c1-17-4-9-22(21(26)13-17)29-12-11-28(16-24(30)19-3-2-10-27-14-19)15-23(29)18-5-7-20(25)8-6-18/h2-10,13-14,23H,11-12,15-16H2,1H3/t23-/m0/s1. The molecule has 30 heavy (non-hydrogen) atoms. The van der Waals surface area contributed by atoms with Crippen LogP contribution in [0.4, 0.5) is 5.69 Å². The lowest BCUT2D eigenvalue weighted by molar-refractivity contribution is 0.0914. The average Bonchev–Trinajstić information content (AvgIpc) is 2.75. The maximum absolute atomic E-state index is 12.7. The predicted molar refractivity (Wildman–Crippen MR) is 123 cm³/mol. The number of carbonyl (C=O) groups is 1. The molecule has 1 fully saturated rings. The van der Waals surface area contributed by atoms with E-state index in [9.17, 15) is 4.79 Å². The second kappa shape index (κ2) is 9.17. The Labute approximate surface area is 187 Å². The Balaban J connectivity index is 1.60. The summed E-state index contributed by atoms with van der Waals surface area (Å²) in [5.74, 6) is 0.0831. The van der Waals surface area contributed by atoms with Gasteiger partial charge >= 0.3 is 0 Å². The van der Waals surface area contributed by atoms with E-state index in [1.54, 1.807) is 18.5 Å². The van der Waals surface area contributed by atoms with E-state index in [1.165, 1.54) is 0 Å². The molecule has 1 aliphatic rings. The summed E-state index contributed by atoms with van der Waals surface area (Å²) in [6.45, 7) is 4.67. The molecule has 0 aliphatic carbocycles. The molecule has 1 aromatic heterocycles. The average molecular weight is 440 g/mol. The number of hydrogen-bond acceptors (Lipinski definition) is 4. The van der Waals surface area contributed by atoms with Crippen molar-refractivity contribution in [3.63, 3.8) is 0 Å². The lowest BCUT2D eigenvalue weighted by Gasteiger charge is -2.43. The number of pyridine rings is 1. The molecule has 4 rings (SSSR count). The Morgan fingerprint density at radius 3 is 2.60 bits per heavy atom. The third-order valence-corrected chi connectivity index (χ3v) is 6.04. The quantitative estimate of drug-likeness (QED) is 0.495. The van der Waals surface area contributed by atoms with E-state index in [1.807, 2.05) is 31.2 Å². The van der Waals surface area contributed by atoms with Crippen molar-refractivity contribution in [3.05, 3.63) is 93.7 Å². The van der Waals surface area contributed by atoms with Gasteiger partial charge in [-0.3, -0.25) is 14.7 Å². The Morgan fingerprint density at radius 2 is 1.90 bits per heavy atom. The minimum atomic E-state index is 0.0675. The SMILES string of the molecule is Cc1ccc(N2CCN(CC(=O)c3cccnc3)C[C@H]2c2ccc(Cl)cc2)c(Cl)c1. The molecule has 4 nitrogen and oxygen atoms in total. The Bertz CT molecular complexity index is 1020. The molecular formula is C24H23Cl2N3O. The van der Waals surface area contributed by atoms with Crippen LogP contribution in [-0.2, 0) is 0 Å². The maximum Gasteiger partial charge on any atom is 0.178 e. The Kier molecular flexibility index (Phi) is 6.38. The number of piperazine rings is 1. The zero-order chi connectivity index (χ0) is 21.1. The van der Waals surface area contributed by atoms with E-state index in [0.29, 0.717) is 17.1 Å². The van der Waals surface area contributed by atoms with Gasteiger partial charge in [0.15, 0.2) is 5.78 Å². The van der Waals surface area contributed by atoms with E-state index in [2.05, 4.69) is 39.0 Å². The van der Waals surface area contributed by atoms with Gasteiger partial charge in [-0.2, -0.15) is 0 Å². The molecule has 1 aliphatic heterocycles. The third-order valence-electron chi connectivity index (χ3n) is 5.48. The van der Waals surface area contributed by atoms with Crippen molar-refractivity contribution in [1.29, 1.82) is 0 Å². The summed E-state index contributed by atoms with van der Waals surface area (Å²) in [7, 11) is 0. The van der Waals surface area contributed by atoms with Crippen LogP contribution in [0.1, 0.15) is 27.5 Å². The van der Waals surface area contributed by atoms with Gasteiger partial charge in [0.25, 0.3) is 0 Å². The van der Waals surface area contributed by atoms with E-state index < -0.39 is 0 Å². The predicted octanol–water partition coefficient (Wildman–Crippen LogP) is 5.44. The number of rotatable bonds is 5. The second-order valence-electron chi connectivity index (χ2n) is 7.62. The topological polar surface area (TPSA) is 36.4 Å². The van der Waals surface area contributed by atoms with Crippen molar-refractivity contribution in [2.45, 2.75) is 13.0 Å². The van der Waals surface area contributed by atoms with Crippen molar-refractivity contribution >= 4 is 34.7 Å². The molecule has 0 amide bonds. The summed E-state index contributed by atoms with van der Waals surface area (Å²) < 4.78 is 0. The van der Waals surface area contributed by atoms with Crippen LogP contribution in [0.5, 0.6) is 0 Å². The van der Waals surface area contributed by atoms with Crippen LogP contribution >= 0.6 is 23.2 Å². The molecule has 2 aromatic carbocycles. The van der Waals surface area contributed by atoms with Crippen molar-refractivity contribution < 1.29 is 4.79 Å². The highest BCUT2D eigenvalue weighted by Crippen LogP contribution is 2.36. The van der Waals surface area contributed by atoms with Crippen molar-refractivity contribution in [2.24, 2.45) is 0 Å². The van der Waals surface area contributed by atoms with Crippen molar-refractivity contribution in [3.8, 4) is 0 Å². The Hall–Kier alpha value is -2.40. The molecule has 6 heteroatoms. The number of halogens is 2. The zero-order valence-corrected chi connectivity index (χ0v) is 18.3. The fourth-order valence-corrected chi connectivity index (χ4v) is 4.38. The molecule has 0 spiro atoms. The third kappa shape index (κ3) is 4.67. The van der Waals surface area contributed by atoms with Gasteiger partial charge in [-0.25, -0.2) is 0 Å². The molecule has 3 aromatic rings. The number of hydrogen-bond donors (Lipinski definition) is 0. The number of aromatic nitrogens is 1. The monoisotopic (exact) mass is 439 g/mol. The van der Waals surface area contributed by atoms with Crippen LogP contribution < -0.4 is 4.90 Å². The number of anilines is 1. The first-order valence-electron chi connectivity index (χ1n) is 9.95. The summed E-state index contributed by atoms with van der Waals surface area (Å²) in [6.07, 6.45) is 3.30. The number of Topliss-reactive ketones (excluding diaryl/α,β-unsaturated/α-hetero) is 1. The van der Waals surface area contributed by atoms with Gasteiger partial charge in [-0.15, -0.1) is 0 Å². The molecule has 0 N–H and O–H groups in total. The summed E-state index contributed by atoms with van der Waals surface area (Å²) >= 11 is 12.7. The molecule has 2 heterocycles. The largest absolute Gasteiger partial charge is 0.361 e. The molecule has 1 saturated heterocycles. The molecule has 1 atom stereocenters. The number of carbonyl (C=O) groups excluding carboxylic acids is 1. The minimum absolute atomic E-state index is 0.0675. The first-order chi connectivity index (χ1) is 14.5. The van der Waals surface area contributed by atoms with E-state index in [0.717, 1.165) is 41.5 Å². The zero-order valence-electron chi connectivity index (χ0n) is 16.8. The molecular weight excluding hydrogens is 417 g/mol. The maximum atomic E-state index is 12.7. The normalized spacial score (nSPS) is 17.2. The van der Waals surface area contributed by atoms with Gasteiger partial charge in [0.05, 0.1) is 23.3 Å². The number of benzene rings is 2. The lowest BCUT2D eigenvalue weighted by Crippen LogP contribution is -2.50. The van der Waals surface area contributed by atoms with Crippen LogP contribution in [0.25, 0.3) is 0 Å². The van der Waals surface area contributed by atoms with Crippen molar-refractivity contribution in [2.75, 3.05) is 31.1 Å². The van der Waals surface area contributed by atoms with Gasteiger partial charge in [-0.1, -0.05) is 41.4 Å². The molecule has 0 bridgehead atoms. The fraction of sp³-hybridized carbons (Fsp3) is 0.250. The molecule has 0 unspecified atom stereocenters. The first kappa shape index (κ1) is 20.9. The molecule has 0 saturated carbocycles. The van der Waals surface area contributed by atoms with Crippen LogP contribution in [0.15, 0.2) is 67.0 Å². The van der Waals surface area contributed by atoms with E-state index in [4.69, 9.17) is 23.2 Å². The van der Waals surface area contributed by atoms with Gasteiger partial charge in [0.2, 0.25) is 0 Å². The van der Waals surface area contributed by atoms with Crippen molar-refractivity contribution in [1.82, 2.24) is 9.88 Å². The highest BCUT2D eigenvalue weighted by Gasteiger charge is 2.30. The Morgan fingerprint density at radius 1 is 1.10 bits per heavy atom. The number of aryl methyl sites for hydroxylation is 1. The number of nitrogens with zero attached hydrogens (tertiary/aromatic N) is 3. The smallest absolute Gasteiger partial charge is 0.178 e. The fourth-order valence-electron chi connectivity index (χ4n) is 3.91. The van der Waals surface area contributed by atoms with Crippen LogP contribution in [0.2, 0.25) is 10.0 Å². The summed E-state index contributed by atoms with van der Waals surface area (Å²) in [5, 5.41) is 1.45. The summed E-state index contributed by atoms with van der Waals surface area (Å²) in [5.41, 5.74) is 3.94. The summed E-state index contributed by atoms with van der Waals surface area (Å²) in [6, 6.07) is 17.7. The van der Waals surface area contributed by atoms with Gasteiger partial charge in [-0.05, 0) is 54.4 Å². The lowest BCUT2D eigenvalue weighted by atomic mass is 10.0. The van der Waals surface area contributed by atoms with E-state index >= 15 is 0 Å². The minimum Gasteiger partial charge on any atom is -0.361 e. The van der Waals surface area contributed by atoms with Gasteiger partial charge < -0.3 is 4.90 Å². The van der Waals surface area contributed by atoms with Crippen LogP contribution in [-0.4, -0.2) is 41.8 Å². The van der Waals surface area contributed by atoms with Crippen LogP contribution in [0, 0.1) is 6.92 Å². The first-order valence-corrected chi connectivity index (χ1v) is 10.7. The van der Waals surface area contributed by atoms with Gasteiger partial charge in [0, 0.05) is 42.6 Å². The summed E-state index contributed by atoms with van der Waals surface area (Å²) in [4.78, 5) is 21.3. The molecule has 154 valence electrons. The number of ketones is 1. The molecule has 0 radical (unpaired) electrons. The van der Waals surface area contributed by atoms with Crippen LogP contribution in [0.3, 0.4) is 0 Å². The van der Waals surface area contributed by atoms with Gasteiger partial charge in [0.1, 0.15) is 0 Å². The van der Waals surface area contributed by atoms with E-state index in [-0.39, 0.29) is 11.8 Å². The highest BCUT2D eigenvalue weighted by atomic mass is 35.5. The second-order valence-corrected chi connectivity index (χ2v) is 8.46.